The number of carboxylic acid groups (broad SMARTS) is 1. The smallest absolute Gasteiger partial charge is 0.135 e. The van der Waals surface area contributed by atoms with E-state index in [0.717, 1.165) is 19.3 Å². The summed E-state index contributed by atoms with van der Waals surface area (Å²) in [4.78, 5) is 21.3. The molecule has 0 unspecified atom stereocenters. The maximum Gasteiger partial charge on any atom is 0.135 e. The first kappa shape index (κ1) is 9.23. The summed E-state index contributed by atoms with van der Waals surface area (Å²) in [5, 5.41) is 10.1. The van der Waals surface area contributed by atoms with Gasteiger partial charge in [0.2, 0.25) is 0 Å². The molecular formula is C9H13O3-. The first-order valence-electron chi connectivity index (χ1n) is 4.42. The van der Waals surface area contributed by atoms with Crippen LogP contribution in [0.1, 0.15) is 38.5 Å². The van der Waals surface area contributed by atoms with Crippen molar-refractivity contribution in [2.24, 2.45) is 5.92 Å². The average molecular weight is 169 g/mol. The minimum atomic E-state index is -1.05. The van der Waals surface area contributed by atoms with Crippen molar-refractivity contribution in [3.05, 3.63) is 0 Å². The number of rotatable bonds is 3. The summed E-state index contributed by atoms with van der Waals surface area (Å²) in [5.74, 6) is -0.812. The Morgan fingerprint density at radius 1 is 1.50 bits per heavy atom. The van der Waals surface area contributed by atoms with Crippen molar-refractivity contribution >= 4 is 11.8 Å². The SMILES string of the molecule is O=C([O-])CC[C@H]1CCCCC1=O. The Morgan fingerprint density at radius 2 is 2.25 bits per heavy atom. The second-order valence-electron chi connectivity index (χ2n) is 3.32. The molecule has 1 saturated carbocycles. The zero-order valence-corrected chi connectivity index (χ0v) is 7.04. The van der Waals surface area contributed by atoms with Gasteiger partial charge in [0.25, 0.3) is 0 Å². The third kappa shape index (κ3) is 2.64. The lowest BCUT2D eigenvalue weighted by Gasteiger charge is -2.20. The lowest BCUT2D eigenvalue weighted by atomic mass is 9.85. The van der Waals surface area contributed by atoms with Gasteiger partial charge < -0.3 is 9.90 Å². The zero-order valence-electron chi connectivity index (χ0n) is 7.04. The molecule has 0 aromatic heterocycles. The molecule has 1 fully saturated rings. The molecule has 1 rings (SSSR count). The van der Waals surface area contributed by atoms with Gasteiger partial charge in [-0.25, -0.2) is 0 Å². The molecule has 0 aromatic carbocycles. The van der Waals surface area contributed by atoms with Crippen molar-refractivity contribution < 1.29 is 14.7 Å². The van der Waals surface area contributed by atoms with Gasteiger partial charge >= 0.3 is 0 Å². The number of aliphatic carboxylic acids is 1. The first-order valence-corrected chi connectivity index (χ1v) is 4.42. The molecule has 0 bridgehead atoms. The summed E-state index contributed by atoms with van der Waals surface area (Å²) in [6.07, 6.45) is 4.03. The van der Waals surface area contributed by atoms with Crippen LogP contribution in [0.4, 0.5) is 0 Å². The highest BCUT2D eigenvalue weighted by atomic mass is 16.4. The minimum Gasteiger partial charge on any atom is -0.550 e. The molecule has 0 heterocycles. The second-order valence-corrected chi connectivity index (χ2v) is 3.32. The third-order valence-corrected chi connectivity index (χ3v) is 2.38. The predicted octanol–water partition coefficient (Wildman–Crippen LogP) is 0.276. The highest BCUT2D eigenvalue weighted by Gasteiger charge is 2.21. The molecule has 0 saturated heterocycles. The van der Waals surface area contributed by atoms with E-state index < -0.39 is 5.97 Å². The van der Waals surface area contributed by atoms with Gasteiger partial charge in [-0.15, -0.1) is 0 Å². The van der Waals surface area contributed by atoms with Gasteiger partial charge in [0.05, 0.1) is 0 Å². The molecule has 0 amide bonds. The molecular weight excluding hydrogens is 156 g/mol. The molecule has 0 N–H and O–H groups in total. The van der Waals surface area contributed by atoms with Crippen LogP contribution >= 0.6 is 0 Å². The molecule has 1 aliphatic rings. The van der Waals surface area contributed by atoms with Gasteiger partial charge in [-0.3, -0.25) is 4.79 Å². The van der Waals surface area contributed by atoms with Crippen molar-refractivity contribution in [3.8, 4) is 0 Å². The van der Waals surface area contributed by atoms with Crippen molar-refractivity contribution in [2.45, 2.75) is 38.5 Å². The summed E-state index contributed by atoms with van der Waals surface area (Å²) in [7, 11) is 0. The number of hydrogen-bond donors (Lipinski definition) is 0. The van der Waals surface area contributed by atoms with Crippen LogP contribution in [0.5, 0.6) is 0 Å². The van der Waals surface area contributed by atoms with Gasteiger partial charge in [-0.1, -0.05) is 6.42 Å². The van der Waals surface area contributed by atoms with Crippen LogP contribution in [-0.4, -0.2) is 11.8 Å². The monoisotopic (exact) mass is 169 g/mol. The summed E-state index contributed by atoms with van der Waals surface area (Å²) < 4.78 is 0. The summed E-state index contributed by atoms with van der Waals surface area (Å²) >= 11 is 0. The lowest BCUT2D eigenvalue weighted by molar-refractivity contribution is -0.305. The number of ketones is 1. The van der Waals surface area contributed by atoms with Gasteiger partial charge in [0, 0.05) is 18.3 Å². The van der Waals surface area contributed by atoms with Crippen LogP contribution < -0.4 is 5.11 Å². The molecule has 68 valence electrons. The van der Waals surface area contributed by atoms with Crippen LogP contribution in [0.25, 0.3) is 0 Å². The van der Waals surface area contributed by atoms with Gasteiger partial charge in [-0.2, -0.15) is 0 Å². The van der Waals surface area contributed by atoms with Crippen LogP contribution in [-0.2, 0) is 9.59 Å². The number of carboxylic acids is 1. The lowest BCUT2D eigenvalue weighted by Crippen LogP contribution is -2.25. The largest absolute Gasteiger partial charge is 0.550 e. The summed E-state index contributed by atoms with van der Waals surface area (Å²) in [5.41, 5.74) is 0. The Labute approximate surface area is 71.8 Å². The van der Waals surface area contributed by atoms with Crippen molar-refractivity contribution in [3.63, 3.8) is 0 Å². The molecule has 0 aromatic rings. The minimum absolute atomic E-state index is 0.00310. The zero-order chi connectivity index (χ0) is 8.97. The van der Waals surface area contributed by atoms with E-state index in [-0.39, 0.29) is 18.1 Å². The molecule has 0 aliphatic heterocycles. The van der Waals surface area contributed by atoms with Gasteiger partial charge in [-0.05, 0) is 25.7 Å². The van der Waals surface area contributed by atoms with Crippen LogP contribution in [0.3, 0.4) is 0 Å². The van der Waals surface area contributed by atoms with Crippen molar-refractivity contribution in [2.75, 3.05) is 0 Å². The quantitative estimate of drug-likeness (QED) is 0.609. The predicted molar refractivity (Wildman–Crippen MR) is 41.2 cm³/mol. The van der Waals surface area contributed by atoms with E-state index in [4.69, 9.17) is 0 Å². The van der Waals surface area contributed by atoms with Gasteiger partial charge in [0.1, 0.15) is 5.78 Å². The van der Waals surface area contributed by atoms with E-state index in [0.29, 0.717) is 12.8 Å². The Bertz CT molecular complexity index is 186. The molecule has 12 heavy (non-hydrogen) atoms. The van der Waals surface area contributed by atoms with E-state index in [1.807, 2.05) is 0 Å². The fourth-order valence-electron chi connectivity index (χ4n) is 1.65. The molecule has 1 aliphatic carbocycles. The molecule has 0 radical (unpaired) electrons. The Morgan fingerprint density at radius 3 is 2.83 bits per heavy atom. The summed E-state index contributed by atoms with van der Waals surface area (Å²) in [6.45, 7) is 0. The maximum absolute atomic E-state index is 11.2. The van der Waals surface area contributed by atoms with Crippen molar-refractivity contribution in [1.29, 1.82) is 0 Å². The van der Waals surface area contributed by atoms with Crippen LogP contribution in [0, 0.1) is 5.92 Å². The first-order chi connectivity index (χ1) is 5.70. The second kappa shape index (κ2) is 4.24. The van der Waals surface area contributed by atoms with Gasteiger partial charge in [0.15, 0.2) is 0 Å². The number of Topliss-reactive ketones (excluding diaryl/α,β-unsaturated/α-hetero) is 1. The Hall–Kier alpha value is -0.860. The molecule has 3 nitrogen and oxygen atoms in total. The third-order valence-electron chi connectivity index (χ3n) is 2.38. The Balaban J connectivity index is 2.29. The highest BCUT2D eigenvalue weighted by molar-refractivity contribution is 5.82. The molecule has 0 spiro atoms. The van der Waals surface area contributed by atoms with E-state index in [1.165, 1.54) is 0 Å². The van der Waals surface area contributed by atoms with Crippen LogP contribution in [0.15, 0.2) is 0 Å². The van der Waals surface area contributed by atoms with E-state index in [9.17, 15) is 14.7 Å². The maximum atomic E-state index is 11.2. The van der Waals surface area contributed by atoms with Crippen molar-refractivity contribution in [1.82, 2.24) is 0 Å². The molecule has 3 heteroatoms. The average Bonchev–Trinajstić information content (AvgIpc) is 2.03. The van der Waals surface area contributed by atoms with E-state index in [2.05, 4.69) is 0 Å². The summed E-state index contributed by atoms with van der Waals surface area (Å²) in [6, 6.07) is 0. The number of carbonyl (C=O) groups is 2. The molecule has 1 atom stereocenters. The number of carbonyl (C=O) groups excluding carboxylic acids is 2. The number of hydrogen-bond acceptors (Lipinski definition) is 3. The Kier molecular flexibility index (Phi) is 3.26. The fourth-order valence-corrected chi connectivity index (χ4v) is 1.65. The van der Waals surface area contributed by atoms with Crippen LogP contribution in [0.2, 0.25) is 0 Å². The fraction of sp³-hybridized carbons (Fsp3) is 0.778. The highest BCUT2D eigenvalue weighted by Crippen LogP contribution is 2.24. The topological polar surface area (TPSA) is 57.2 Å². The standard InChI is InChI=1S/C9H14O3/c10-8-4-2-1-3-7(8)5-6-9(11)12/h7H,1-6H2,(H,11,12)/p-1/t7-/m1/s1. The van der Waals surface area contributed by atoms with E-state index in [1.54, 1.807) is 0 Å². The van der Waals surface area contributed by atoms with E-state index >= 15 is 0 Å². The normalized spacial score (nSPS) is 24.0.